The summed E-state index contributed by atoms with van der Waals surface area (Å²) in [6.07, 6.45) is 1.19. The quantitative estimate of drug-likeness (QED) is 0.842. The lowest BCUT2D eigenvalue weighted by Gasteiger charge is -2.10. The van der Waals surface area contributed by atoms with Gasteiger partial charge in [-0.3, -0.25) is 14.3 Å². The van der Waals surface area contributed by atoms with Gasteiger partial charge in [0.2, 0.25) is 0 Å². The number of aromatic nitrogens is 2. The van der Waals surface area contributed by atoms with Gasteiger partial charge in [0, 0.05) is 6.20 Å². The molecule has 0 fully saturated rings. The van der Waals surface area contributed by atoms with Crippen molar-refractivity contribution in [3.05, 3.63) is 61.4 Å². The van der Waals surface area contributed by atoms with Crippen LogP contribution in [-0.4, -0.2) is 9.55 Å². The summed E-state index contributed by atoms with van der Waals surface area (Å²) in [4.78, 5) is 25.1. The lowest BCUT2D eigenvalue weighted by molar-refractivity contribution is 0.883. The molecule has 18 heavy (non-hydrogen) atoms. The molecule has 0 spiro atoms. The number of nitrogens with one attached hydrogen (secondary N) is 1. The first kappa shape index (κ1) is 12.1. The number of para-hydroxylation sites is 1. The van der Waals surface area contributed by atoms with Crippen molar-refractivity contribution >= 4 is 11.6 Å². The van der Waals surface area contributed by atoms with Crippen LogP contribution in [0.4, 0.5) is 0 Å². The van der Waals surface area contributed by atoms with Crippen molar-refractivity contribution in [3.8, 4) is 11.8 Å². The van der Waals surface area contributed by atoms with Gasteiger partial charge < -0.3 is 0 Å². The standard InChI is InChI=1S/C12H8ClN3O2/c1-7-3-2-4-9(13)10(7)16-6-8(5-14)11(17)15-12(16)18/h2-4,6H,1H3,(H,15,17,18). The van der Waals surface area contributed by atoms with E-state index in [1.165, 1.54) is 6.20 Å². The molecule has 0 bridgehead atoms. The summed E-state index contributed by atoms with van der Waals surface area (Å²) in [5.74, 6) is 0. The number of H-pyrrole nitrogens is 1. The van der Waals surface area contributed by atoms with E-state index in [0.717, 1.165) is 10.1 Å². The van der Waals surface area contributed by atoms with Gasteiger partial charge in [-0.05, 0) is 18.6 Å². The predicted molar refractivity (Wildman–Crippen MR) is 67.1 cm³/mol. The minimum Gasteiger partial charge on any atom is -0.273 e. The Labute approximate surface area is 107 Å². The van der Waals surface area contributed by atoms with Gasteiger partial charge in [0.1, 0.15) is 11.6 Å². The van der Waals surface area contributed by atoms with Gasteiger partial charge in [-0.15, -0.1) is 0 Å². The van der Waals surface area contributed by atoms with Gasteiger partial charge in [-0.25, -0.2) is 4.79 Å². The van der Waals surface area contributed by atoms with Crippen LogP contribution in [0.25, 0.3) is 5.69 Å². The summed E-state index contributed by atoms with van der Waals surface area (Å²) >= 11 is 6.04. The van der Waals surface area contributed by atoms with Crippen LogP contribution in [0.15, 0.2) is 34.0 Å². The molecule has 0 aliphatic rings. The number of hydrogen-bond donors (Lipinski definition) is 1. The Morgan fingerprint density at radius 2 is 2.11 bits per heavy atom. The van der Waals surface area contributed by atoms with Crippen molar-refractivity contribution in [2.75, 3.05) is 0 Å². The number of nitriles is 1. The predicted octanol–water partition coefficient (Wildman–Crippen LogP) is 1.36. The molecule has 1 aromatic heterocycles. The van der Waals surface area contributed by atoms with Crippen LogP contribution in [0.3, 0.4) is 0 Å². The number of halogens is 1. The van der Waals surface area contributed by atoms with Crippen molar-refractivity contribution in [3.63, 3.8) is 0 Å². The molecule has 2 rings (SSSR count). The van der Waals surface area contributed by atoms with Crippen LogP contribution in [-0.2, 0) is 0 Å². The molecule has 1 aromatic carbocycles. The van der Waals surface area contributed by atoms with Gasteiger partial charge in [0.05, 0.1) is 10.7 Å². The Balaban J connectivity index is 2.85. The van der Waals surface area contributed by atoms with Crippen LogP contribution >= 0.6 is 11.6 Å². The Hall–Kier alpha value is -2.32. The number of rotatable bonds is 1. The highest BCUT2D eigenvalue weighted by Gasteiger charge is 2.10. The summed E-state index contributed by atoms with van der Waals surface area (Å²) in [6, 6.07) is 6.89. The molecule has 5 nitrogen and oxygen atoms in total. The van der Waals surface area contributed by atoms with Gasteiger partial charge in [-0.1, -0.05) is 23.7 Å². The monoisotopic (exact) mass is 261 g/mol. The lowest BCUT2D eigenvalue weighted by atomic mass is 10.2. The molecule has 0 aliphatic carbocycles. The van der Waals surface area contributed by atoms with Gasteiger partial charge in [0.15, 0.2) is 0 Å². The SMILES string of the molecule is Cc1cccc(Cl)c1-n1cc(C#N)c(=O)[nH]c1=O. The fraction of sp³-hybridized carbons (Fsp3) is 0.0833. The number of nitrogens with zero attached hydrogens (tertiary/aromatic N) is 2. The summed E-state index contributed by atoms with van der Waals surface area (Å²) in [7, 11) is 0. The molecule has 0 saturated heterocycles. The van der Waals surface area contributed by atoms with Gasteiger partial charge >= 0.3 is 5.69 Å². The Kier molecular flexibility index (Phi) is 3.04. The summed E-state index contributed by atoms with van der Waals surface area (Å²) in [5.41, 5.74) is -0.259. The molecule has 1 N–H and O–H groups in total. The van der Waals surface area contributed by atoms with Crippen molar-refractivity contribution in [1.82, 2.24) is 9.55 Å². The fourth-order valence-corrected chi connectivity index (χ4v) is 1.96. The molecule has 0 unspecified atom stereocenters. The summed E-state index contributed by atoms with van der Waals surface area (Å²) in [6.45, 7) is 1.78. The van der Waals surface area contributed by atoms with E-state index in [0.29, 0.717) is 10.7 Å². The number of hydrogen-bond acceptors (Lipinski definition) is 3. The van der Waals surface area contributed by atoms with E-state index in [1.807, 2.05) is 0 Å². The first-order chi connectivity index (χ1) is 8.54. The second kappa shape index (κ2) is 4.51. The third kappa shape index (κ3) is 1.94. The van der Waals surface area contributed by atoms with Crippen LogP contribution in [0.1, 0.15) is 11.1 Å². The van der Waals surface area contributed by atoms with Gasteiger partial charge in [0.25, 0.3) is 5.56 Å². The highest BCUT2D eigenvalue weighted by Crippen LogP contribution is 2.22. The molecular formula is C12H8ClN3O2. The molecule has 0 atom stereocenters. The molecule has 0 amide bonds. The number of aryl methyl sites for hydroxylation is 1. The Morgan fingerprint density at radius 3 is 2.72 bits per heavy atom. The normalized spacial score (nSPS) is 10.1. The molecule has 2 aromatic rings. The maximum absolute atomic E-state index is 11.8. The lowest BCUT2D eigenvalue weighted by Crippen LogP contribution is -2.30. The maximum atomic E-state index is 11.8. The second-order valence-corrected chi connectivity index (χ2v) is 4.10. The van der Waals surface area contributed by atoms with E-state index >= 15 is 0 Å². The molecule has 0 aliphatic heterocycles. The van der Waals surface area contributed by atoms with Crippen molar-refractivity contribution in [2.45, 2.75) is 6.92 Å². The summed E-state index contributed by atoms with van der Waals surface area (Å²) < 4.78 is 1.16. The average molecular weight is 262 g/mol. The molecule has 6 heteroatoms. The van der Waals surface area contributed by atoms with E-state index in [-0.39, 0.29) is 5.56 Å². The molecule has 0 radical (unpaired) electrons. The zero-order valence-corrected chi connectivity index (χ0v) is 10.2. The number of benzene rings is 1. The third-order valence-corrected chi connectivity index (χ3v) is 2.80. The van der Waals surface area contributed by atoms with E-state index in [4.69, 9.17) is 16.9 Å². The van der Waals surface area contributed by atoms with Crippen molar-refractivity contribution in [2.24, 2.45) is 0 Å². The van der Waals surface area contributed by atoms with Crippen LogP contribution in [0.2, 0.25) is 5.02 Å². The molecule has 1 heterocycles. The topological polar surface area (TPSA) is 78.7 Å². The first-order valence-corrected chi connectivity index (χ1v) is 5.44. The second-order valence-electron chi connectivity index (χ2n) is 3.69. The van der Waals surface area contributed by atoms with E-state index in [2.05, 4.69) is 4.98 Å². The summed E-state index contributed by atoms with van der Waals surface area (Å²) in [5, 5.41) is 9.17. The van der Waals surface area contributed by atoms with Crippen LogP contribution in [0, 0.1) is 18.3 Å². The maximum Gasteiger partial charge on any atom is 0.333 e. The third-order valence-electron chi connectivity index (χ3n) is 2.49. The highest BCUT2D eigenvalue weighted by atomic mass is 35.5. The fourth-order valence-electron chi connectivity index (χ4n) is 1.64. The number of aromatic amines is 1. The minimum absolute atomic E-state index is 0.145. The molecule has 0 saturated carbocycles. The zero-order valence-electron chi connectivity index (χ0n) is 9.40. The average Bonchev–Trinajstić information content (AvgIpc) is 2.31. The van der Waals surface area contributed by atoms with Crippen LogP contribution in [0.5, 0.6) is 0 Å². The molecule has 90 valence electrons. The van der Waals surface area contributed by atoms with Gasteiger partial charge in [-0.2, -0.15) is 5.26 Å². The largest absolute Gasteiger partial charge is 0.333 e. The van der Waals surface area contributed by atoms with E-state index < -0.39 is 11.2 Å². The highest BCUT2D eigenvalue weighted by molar-refractivity contribution is 6.32. The zero-order chi connectivity index (χ0) is 13.3. The van der Waals surface area contributed by atoms with E-state index in [1.54, 1.807) is 31.2 Å². The van der Waals surface area contributed by atoms with Crippen molar-refractivity contribution < 1.29 is 0 Å². The minimum atomic E-state index is -0.705. The Morgan fingerprint density at radius 1 is 1.39 bits per heavy atom. The Bertz CT molecular complexity index is 748. The van der Waals surface area contributed by atoms with Crippen molar-refractivity contribution in [1.29, 1.82) is 5.26 Å². The first-order valence-electron chi connectivity index (χ1n) is 5.06. The van der Waals surface area contributed by atoms with E-state index in [9.17, 15) is 9.59 Å². The molecular weight excluding hydrogens is 254 g/mol. The van der Waals surface area contributed by atoms with Crippen LogP contribution < -0.4 is 11.2 Å². The smallest absolute Gasteiger partial charge is 0.273 e.